The molecule has 0 aliphatic carbocycles. The van der Waals surface area contributed by atoms with Crippen LogP contribution in [0.5, 0.6) is 0 Å². The van der Waals surface area contributed by atoms with Crippen LogP contribution in [0, 0.1) is 5.41 Å². The molecule has 0 bridgehead atoms. The standard InChI is InChI=1S/C29H35N5O6/c1-20(30-28(38)39)15-25(35)31-23(18-40-17-22-11-7-4-8-12-22)26(36)34-14-13-24-29(19-34,27(37)33(2)32-24)16-21-9-5-3-6-10-21/h3-12,20,23,30H,13-19H2,1-2H3,(H,31,35)(H,38,39). The van der Waals surface area contributed by atoms with E-state index in [0.717, 1.165) is 16.8 Å². The van der Waals surface area contributed by atoms with E-state index in [1.807, 2.05) is 60.7 Å². The summed E-state index contributed by atoms with van der Waals surface area (Å²) in [6.07, 6.45) is -0.550. The lowest BCUT2D eigenvalue weighted by Crippen LogP contribution is -2.59. The number of likely N-dealkylation sites (tertiary alicyclic amines) is 1. The Morgan fingerprint density at radius 1 is 1.05 bits per heavy atom. The molecule has 11 nitrogen and oxygen atoms in total. The van der Waals surface area contributed by atoms with Gasteiger partial charge >= 0.3 is 6.09 Å². The summed E-state index contributed by atoms with van der Waals surface area (Å²) >= 11 is 0. The molecule has 3 unspecified atom stereocenters. The zero-order chi connectivity index (χ0) is 28.7. The van der Waals surface area contributed by atoms with Crippen LogP contribution < -0.4 is 10.6 Å². The summed E-state index contributed by atoms with van der Waals surface area (Å²) in [5, 5.41) is 19.8. The fraction of sp³-hybridized carbons (Fsp3) is 0.414. The highest BCUT2D eigenvalue weighted by molar-refractivity contribution is 6.13. The van der Waals surface area contributed by atoms with Crippen molar-refractivity contribution in [2.75, 3.05) is 26.7 Å². The van der Waals surface area contributed by atoms with Crippen molar-refractivity contribution in [3.8, 4) is 0 Å². The summed E-state index contributed by atoms with van der Waals surface area (Å²) in [5.74, 6) is -1.02. The molecule has 0 radical (unpaired) electrons. The zero-order valence-electron chi connectivity index (χ0n) is 22.7. The van der Waals surface area contributed by atoms with E-state index in [2.05, 4.69) is 15.7 Å². The van der Waals surface area contributed by atoms with E-state index in [4.69, 9.17) is 9.84 Å². The molecular weight excluding hydrogens is 514 g/mol. The summed E-state index contributed by atoms with van der Waals surface area (Å²) in [6, 6.07) is 17.4. The third-order valence-electron chi connectivity index (χ3n) is 7.16. The van der Waals surface area contributed by atoms with Crippen molar-refractivity contribution < 1.29 is 29.0 Å². The van der Waals surface area contributed by atoms with E-state index in [1.165, 1.54) is 5.01 Å². The Balaban J connectivity index is 1.51. The van der Waals surface area contributed by atoms with Crippen LogP contribution in [0.2, 0.25) is 0 Å². The number of amides is 4. The highest BCUT2D eigenvalue weighted by Crippen LogP contribution is 2.38. The second kappa shape index (κ2) is 12.7. The number of hydrogen-bond acceptors (Lipinski definition) is 6. The minimum Gasteiger partial charge on any atom is -0.465 e. The van der Waals surface area contributed by atoms with Gasteiger partial charge in [0, 0.05) is 39.0 Å². The van der Waals surface area contributed by atoms with Gasteiger partial charge in [-0.15, -0.1) is 0 Å². The van der Waals surface area contributed by atoms with Crippen LogP contribution in [0.3, 0.4) is 0 Å². The number of nitrogens with one attached hydrogen (secondary N) is 2. The Morgan fingerprint density at radius 2 is 1.70 bits per heavy atom. The normalized spacial score (nSPS) is 19.9. The fourth-order valence-electron chi connectivity index (χ4n) is 5.27. The number of hydrazone groups is 1. The number of benzene rings is 2. The summed E-state index contributed by atoms with van der Waals surface area (Å²) in [5.41, 5.74) is 1.65. The molecule has 1 saturated heterocycles. The maximum atomic E-state index is 13.9. The van der Waals surface area contributed by atoms with Gasteiger partial charge in [0.05, 0.1) is 18.9 Å². The predicted molar refractivity (Wildman–Crippen MR) is 147 cm³/mol. The summed E-state index contributed by atoms with van der Waals surface area (Å²) in [6.45, 7) is 2.20. The molecule has 1 fully saturated rings. The minimum atomic E-state index is -1.24. The third kappa shape index (κ3) is 6.84. The largest absolute Gasteiger partial charge is 0.465 e. The first-order chi connectivity index (χ1) is 19.2. The van der Waals surface area contributed by atoms with Gasteiger partial charge in [0.15, 0.2) is 0 Å². The van der Waals surface area contributed by atoms with Gasteiger partial charge in [-0.2, -0.15) is 5.10 Å². The maximum absolute atomic E-state index is 13.9. The average molecular weight is 550 g/mol. The average Bonchev–Trinajstić information content (AvgIpc) is 3.17. The molecule has 0 saturated carbocycles. The number of carbonyl (C=O) groups excluding carboxylic acids is 3. The van der Waals surface area contributed by atoms with Gasteiger partial charge in [-0.1, -0.05) is 60.7 Å². The van der Waals surface area contributed by atoms with Crippen molar-refractivity contribution in [1.82, 2.24) is 20.5 Å². The molecule has 2 aromatic rings. The molecule has 212 valence electrons. The number of fused-ring (bicyclic) bond motifs is 1. The van der Waals surface area contributed by atoms with Gasteiger partial charge in [-0.05, 0) is 24.5 Å². The Kier molecular flexibility index (Phi) is 9.15. The Hall–Kier alpha value is -4.25. The van der Waals surface area contributed by atoms with Gasteiger partial charge < -0.3 is 25.4 Å². The molecule has 4 rings (SSSR count). The van der Waals surface area contributed by atoms with Crippen molar-refractivity contribution in [2.24, 2.45) is 10.5 Å². The number of ether oxygens (including phenoxy) is 1. The maximum Gasteiger partial charge on any atom is 0.404 e. The first-order valence-corrected chi connectivity index (χ1v) is 13.3. The fourth-order valence-corrected chi connectivity index (χ4v) is 5.27. The molecule has 3 atom stereocenters. The summed E-state index contributed by atoms with van der Waals surface area (Å²) in [7, 11) is 1.62. The van der Waals surface area contributed by atoms with E-state index in [0.29, 0.717) is 19.4 Å². The summed E-state index contributed by atoms with van der Waals surface area (Å²) < 4.78 is 5.84. The number of piperidine rings is 1. The van der Waals surface area contributed by atoms with Gasteiger partial charge in [-0.25, -0.2) is 9.80 Å². The van der Waals surface area contributed by atoms with Crippen LogP contribution in [0.25, 0.3) is 0 Å². The van der Waals surface area contributed by atoms with Gasteiger partial charge in [0.1, 0.15) is 11.5 Å². The molecule has 2 aliphatic heterocycles. The van der Waals surface area contributed by atoms with Gasteiger partial charge in [0.25, 0.3) is 5.91 Å². The molecule has 0 aromatic heterocycles. The number of rotatable bonds is 11. The molecule has 2 heterocycles. The van der Waals surface area contributed by atoms with Crippen LogP contribution in [-0.4, -0.2) is 83.4 Å². The Labute approximate surface area is 233 Å². The number of carboxylic acid groups (broad SMARTS) is 1. The van der Waals surface area contributed by atoms with Crippen molar-refractivity contribution in [1.29, 1.82) is 0 Å². The molecule has 3 N–H and O–H groups in total. The van der Waals surface area contributed by atoms with E-state index < -0.39 is 29.5 Å². The first kappa shape index (κ1) is 28.8. The van der Waals surface area contributed by atoms with Crippen molar-refractivity contribution >= 4 is 29.5 Å². The Morgan fingerprint density at radius 3 is 2.35 bits per heavy atom. The van der Waals surface area contributed by atoms with Crippen LogP contribution >= 0.6 is 0 Å². The lowest BCUT2D eigenvalue weighted by atomic mass is 9.73. The lowest BCUT2D eigenvalue weighted by Gasteiger charge is -2.40. The molecule has 0 spiro atoms. The van der Waals surface area contributed by atoms with Crippen LogP contribution in [-0.2, 0) is 32.1 Å². The monoisotopic (exact) mass is 549 g/mol. The van der Waals surface area contributed by atoms with Crippen molar-refractivity contribution in [3.63, 3.8) is 0 Å². The lowest BCUT2D eigenvalue weighted by molar-refractivity contribution is -0.143. The number of carbonyl (C=O) groups is 4. The number of hydrogen-bond donors (Lipinski definition) is 3. The zero-order valence-corrected chi connectivity index (χ0v) is 22.7. The topological polar surface area (TPSA) is 141 Å². The van der Waals surface area contributed by atoms with E-state index >= 15 is 0 Å². The minimum absolute atomic E-state index is 0.0861. The van der Waals surface area contributed by atoms with E-state index in [9.17, 15) is 19.2 Å². The second-order valence-electron chi connectivity index (χ2n) is 10.3. The molecule has 11 heteroatoms. The van der Waals surface area contributed by atoms with Crippen LogP contribution in [0.15, 0.2) is 65.8 Å². The highest BCUT2D eigenvalue weighted by atomic mass is 16.5. The molecule has 2 aliphatic rings. The molecule has 2 aromatic carbocycles. The van der Waals surface area contributed by atoms with E-state index in [1.54, 1.807) is 18.9 Å². The predicted octanol–water partition coefficient (Wildman–Crippen LogP) is 2.02. The van der Waals surface area contributed by atoms with Crippen molar-refractivity contribution in [3.05, 3.63) is 71.8 Å². The number of nitrogens with zero attached hydrogens (tertiary/aromatic N) is 3. The molecular formula is C29H35N5O6. The smallest absolute Gasteiger partial charge is 0.404 e. The highest BCUT2D eigenvalue weighted by Gasteiger charge is 2.53. The second-order valence-corrected chi connectivity index (χ2v) is 10.3. The van der Waals surface area contributed by atoms with Gasteiger partial charge in [-0.3, -0.25) is 14.4 Å². The van der Waals surface area contributed by atoms with Crippen LogP contribution in [0.4, 0.5) is 4.79 Å². The SMILES string of the molecule is CC(CC(=O)NC(COCc1ccccc1)C(=O)N1CCC2=NN(C)C(=O)C2(Cc2ccccc2)C1)NC(=O)O. The van der Waals surface area contributed by atoms with Crippen molar-refractivity contribution in [2.45, 2.75) is 44.9 Å². The van der Waals surface area contributed by atoms with Crippen LogP contribution in [0.1, 0.15) is 30.9 Å². The van der Waals surface area contributed by atoms with Gasteiger partial charge in [0.2, 0.25) is 11.8 Å². The Bertz CT molecular complexity index is 1250. The van der Waals surface area contributed by atoms with E-state index in [-0.39, 0.29) is 38.0 Å². The molecule has 4 amide bonds. The molecule has 40 heavy (non-hydrogen) atoms. The quantitative estimate of drug-likeness (QED) is 0.392. The third-order valence-corrected chi connectivity index (χ3v) is 7.16. The first-order valence-electron chi connectivity index (χ1n) is 13.3. The summed E-state index contributed by atoms with van der Waals surface area (Å²) in [4.78, 5) is 52.7.